The summed E-state index contributed by atoms with van der Waals surface area (Å²) in [6.07, 6.45) is 3.21. The van der Waals surface area contributed by atoms with E-state index in [9.17, 15) is 0 Å². The van der Waals surface area contributed by atoms with Crippen molar-refractivity contribution in [3.8, 4) is 0 Å². The van der Waals surface area contributed by atoms with Gasteiger partial charge in [0.25, 0.3) is 0 Å². The average molecular weight is 141 g/mol. The van der Waals surface area contributed by atoms with Crippen LogP contribution < -0.4 is 5.32 Å². The largest absolute Gasteiger partial charge is 0.320 e. The Labute approximate surface area is 62.1 Å². The molecule has 0 saturated carbocycles. The second-order valence-electron chi connectivity index (χ2n) is 2.54. The van der Waals surface area contributed by atoms with Gasteiger partial charge in [0, 0.05) is 19.3 Å². The van der Waals surface area contributed by atoms with Gasteiger partial charge in [0.05, 0.1) is 6.67 Å². The number of rotatable bonds is 4. The molecule has 1 rings (SSSR count). The van der Waals surface area contributed by atoms with Gasteiger partial charge in [-0.2, -0.15) is 0 Å². The molecule has 3 heteroatoms. The molecule has 0 atom stereocenters. The Morgan fingerprint density at radius 1 is 1.70 bits per heavy atom. The predicted octanol–water partition coefficient (Wildman–Crippen LogP) is -0.0602. The van der Waals surface area contributed by atoms with Gasteiger partial charge in [-0.25, -0.2) is 0 Å². The molecule has 10 heavy (non-hydrogen) atoms. The van der Waals surface area contributed by atoms with Crippen LogP contribution in [0.25, 0.3) is 0 Å². The maximum atomic E-state index is 4.12. The normalized spacial score (nSPS) is 18.5. The summed E-state index contributed by atoms with van der Waals surface area (Å²) in [5, 5.41) is 3.12. The lowest BCUT2D eigenvalue weighted by molar-refractivity contribution is 0.336. The van der Waals surface area contributed by atoms with Crippen molar-refractivity contribution in [3.63, 3.8) is 0 Å². The Kier molecular flexibility index (Phi) is 3.40. The molecule has 0 aromatic heterocycles. The molecule has 0 amide bonds. The van der Waals surface area contributed by atoms with Crippen LogP contribution in [0, 0.1) is 0 Å². The van der Waals surface area contributed by atoms with E-state index in [0.29, 0.717) is 0 Å². The predicted molar refractivity (Wildman–Crippen MR) is 43.5 cm³/mol. The number of hydrogen-bond donors (Lipinski definition) is 1. The summed E-state index contributed by atoms with van der Waals surface area (Å²) in [5.74, 6) is 0. The lowest BCUT2D eigenvalue weighted by Crippen LogP contribution is -2.24. The van der Waals surface area contributed by atoms with Crippen molar-refractivity contribution in [1.82, 2.24) is 10.2 Å². The van der Waals surface area contributed by atoms with Crippen molar-refractivity contribution in [1.29, 1.82) is 0 Å². The zero-order valence-electron chi connectivity index (χ0n) is 6.51. The van der Waals surface area contributed by atoms with E-state index in [1.54, 1.807) is 0 Å². The highest BCUT2D eigenvalue weighted by atomic mass is 15.2. The number of nitrogens with zero attached hydrogens (tertiary/aromatic N) is 2. The van der Waals surface area contributed by atoms with Crippen LogP contribution in [0.3, 0.4) is 0 Å². The molecule has 0 fully saturated rings. The maximum Gasteiger partial charge on any atom is 0.0909 e. The van der Waals surface area contributed by atoms with Crippen LogP contribution in [0.5, 0.6) is 0 Å². The summed E-state index contributed by atoms with van der Waals surface area (Å²) in [6.45, 7) is 4.23. The Bertz CT molecular complexity index is 103. The van der Waals surface area contributed by atoms with E-state index < -0.39 is 0 Å². The Hall–Kier alpha value is -0.410. The van der Waals surface area contributed by atoms with Gasteiger partial charge < -0.3 is 5.32 Å². The third-order valence-corrected chi connectivity index (χ3v) is 1.65. The Morgan fingerprint density at radius 2 is 2.60 bits per heavy atom. The molecular formula is C7H15N3. The molecule has 1 N–H and O–H groups in total. The molecule has 0 aromatic rings. The van der Waals surface area contributed by atoms with Crippen molar-refractivity contribution >= 4 is 6.21 Å². The SMILES string of the molecule is CNCCCN1CC=NC1. The van der Waals surface area contributed by atoms with Crippen LogP contribution in [0.1, 0.15) is 6.42 Å². The molecule has 1 heterocycles. The minimum Gasteiger partial charge on any atom is -0.320 e. The summed E-state index contributed by atoms with van der Waals surface area (Å²) in [6, 6.07) is 0. The maximum absolute atomic E-state index is 4.12. The third kappa shape index (κ3) is 2.45. The fourth-order valence-electron chi connectivity index (χ4n) is 1.05. The van der Waals surface area contributed by atoms with Crippen molar-refractivity contribution in [2.24, 2.45) is 4.99 Å². The fourth-order valence-corrected chi connectivity index (χ4v) is 1.05. The molecule has 1 aliphatic heterocycles. The highest BCUT2D eigenvalue weighted by Gasteiger charge is 2.04. The molecule has 0 spiro atoms. The van der Waals surface area contributed by atoms with Crippen LogP contribution in [0.15, 0.2) is 4.99 Å². The Morgan fingerprint density at radius 3 is 3.20 bits per heavy atom. The summed E-state index contributed by atoms with van der Waals surface area (Å²) < 4.78 is 0. The topological polar surface area (TPSA) is 27.6 Å². The monoisotopic (exact) mass is 141 g/mol. The number of hydrogen-bond acceptors (Lipinski definition) is 3. The minimum atomic E-state index is 0.906. The zero-order chi connectivity index (χ0) is 7.23. The van der Waals surface area contributed by atoms with Crippen molar-refractivity contribution in [2.45, 2.75) is 6.42 Å². The quantitative estimate of drug-likeness (QED) is 0.555. The van der Waals surface area contributed by atoms with E-state index in [1.165, 1.54) is 13.0 Å². The van der Waals surface area contributed by atoms with Gasteiger partial charge in [0.1, 0.15) is 0 Å². The van der Waals surface area contributed by atoms with Crippen molar-refractivity contribution < 1.29 is 0 Å². The van der Waals surface area contributed by atoms with Crippen LogP contribution in [-0.4, -0.2) is 44.5 Å². The molecule has 0 bridgehead atoms. The highest BCUT2D eigenvalue weighted by Crippen LogP contribution is 1.94. The van der Waals surface area contributed by atoms with Gasteiger partial charge in [0.15, 0.2) is 0 Å². The van der Waals surface area contributed by atoms with Crippen molar-refractivity contribution in [3.05, 3.63) is 0 Å². The van der Waals surface area contributed by atoms with Crippen LogP contribution in [0.2, 0.25) is 0 Å². The summed E-state index contributed by atoms with van der Waals surface area (Å²) in [4.78, 5) is 6.45. The molecule has 0 unspecified atom stereocenters. The van der Waals surface area contributed by atoms with Crippen LogP contribution in [0.4, 0.5) is 0 Å². The zero-order valence-corrected chi connectivity index (χ0v) is 6.51. The molecular weight excluding hydrogens is 126 g/mol. The van der Waals surface area contributed by atoms with Gasteiger partial charge in [-0.1, -0.05) is 0 Å². The molecule has 3 nitrogen and oxygen atoms in total. The van der Waals surface area contributed by atoms with Gasteiger partial charge in [-0.15, -0.1) is 0 Å². The first kappa shape index (κ1) is 7.69. The number of nitrogens with one attached hydrogen (secondary N) is 1. The lowest BCUT2D eigenvalue weighted by atomic mass is 10.4. The van der Waals surface area contributed by atoms with E-state index >= 15 is 0 Å². The van der Waals surface area contributed by atoms with E-state index in [-0.39, 0.29) is 0 Å². The number of aliphatic imine (C=N–C) groups is 1. The van der Waals surface area contributed by atoms with Crippen LogP contribution in [-0.2, 0) is 0 Å². The van der Waals surface area contributed by atoms with Gasteiger partial charge >= 0.3 is 0 Å². The molecule has 0 aromatic carbocycles. The van der Waals surface area contributed by atoms with E-state index in [2.05, 4.69) is 15.2 Å². The second-order valence-corrected chi connectivity index (χ2v) is 2.54. The summed E-state index contributed by atoms with van der Waals surface area (Å²) in [5.41, 5.74) is 0. The molecule has 1 aliphatic rings. The van der Waals surface area contributed by atoms with Crippen LogP contribution >= 0.6 is 0 Å². The average Bonchev–Trinajstić information content (AvgIpc) is 2.41. The summed E-state index contributed by atoms with van der Waals surface area (Å²) in [7, 11) is 1.99. The third-order valence-electron chi connectivity index (χ3n) is 1.65. The lowest BCUT2D eigenvalue weighted by Gasteiger charge is -2.11. The first-order chi connectivity index (χ1) is 4.93. The van der Waals surface area contributed by atoms with Gasteiger partial charge in [0.2, 0.25) is 0 Å². The molecule has 58 valence electrons. The molecule has 0 aliphatic carbocycles. The van der Waals surface area contributed by atoms with E-state index in [0.717, 1.165) is 19.8 Å². The standard InChI is InChI=1S/C7H15N3/c1-8-3-2-5-10-6-4-9-7-10/h4,8H,2-3,5-7H2,1H3. The van der Waals surface area contributed by atoms with Gasteiger partial charge in [-0.3, -0.25) is 9.89 Å². The highest BCUT2D eigenvalue weighted by molar-refractivity contribution is 5.61. The molecule has 0 saturated heterocycles. The first-order valence-corrected chi connectivity index (χ1v) is 3.78. The fraction of sp³-hybridized carbons (Fsp3) is 0.857. The van der Waals surface area contributed by atoms with E-state index in [4.69, 9.17) is 0 Å². The first-order valence-electron chi connectivity index (χ1n) is 3.78. The minimum absolute atomic E-state index is 0.906. The summed E-state index contributed by atoms with van der Waals surface area (Å²) >= 11 is 0. The van der Waals surface area contributed by atoms with Gasteiger partial charge in [-0.05, 0) is 20.0 Å². The van der Waals surface area contributed by atoms with Crippen molar-refractivity contribution in [2.75, 3.05) is 33.4 Å². The van der Waals surface area contributed by atoms with E-state index in [1.807, 2.05) is 13.3 Å². The Balaban J connectivity index is 1.93. The second kappa shape index (κ2) is 4.41. The smallest absolute Gasteiger partial charge is 0.0909 e. The molecule has 0 radical (unpaired) electrons.